The van der Waals surface area contributed by atoms with Gasteiger partial charge in [-0.3, -0.25) is 4.79 Å². The quantitative estimate of drug-likeness (QED) is 0.507. The summed E-state index contributed by atoms with van der Waals surface area (Å²) < 4.78 is 55.0. The predicted octanol–water partition coefficient (Wildman–Crippen LogP) is 5.10. The van der Waals surface area contributed by atoms with Crippen LogP contribution in [0.3, 0.4) is 0 Å². The van der Waals surface area contributed by atoms with Crippen LogP contribution in [0.4, 0.5) is 14.5 Å². The topological polar surface area (TPSA) is 66.5 Å². The average molecular weight is 485 g/mol. The fraction of sp³-hybridized carbons (Fsp3) is 0.0952. The van der Waals surface area contributed by atoms with Gasteiger partial charge in [0.2, 0.25) is 15.9 Å². The summed E-state index contributed by atoms with van der Waals surface area (Å²) in [5.74, 6) is -2.88. The summed E-state index contributed by atoms with van der Waals surface area (Å²) in [6.07, 6.45) is 0. The molecule has 3 rings (SSSR count). The number of benzene rings is 3. The first kappa shape index (κ1) is 23.1. The fourth-order valence-corrected chi connectivity index (χ4v) is 4.45. The van der Waals surface area contributed by atoms with Crippen molar-refractivity contribution in [3.05, 3.63) is 94.0 Å². The Morgan fingerprint density at radius 3 is 2.13 bits per heavy atom. The maximum atomic E-state index is 13.9. The van der Waals surface area contributed by atoms with E-state index in [2.05, 4.69) is 5.32 Å². The van der Waals surface area contributed by atoms with Crippen LogP contribution in [-0.2, 0) is 21.4 Å². The van der Waals surface area contributed by atoms with Crippen LogP contribution in [0.25, 0.3) is 0 Å². The van der Waals surface area contributed by atoms with Crippen LogP contribution in [-0.4, -0.2) is 25.2 Å². The number of para-hydroxylation sites is 1. The Labute approximate surface area is 188 Å². The molecule has 5 nitrogen and oxygen atoms in total. The second-order valence-corrected chi connectivity index (χ2v) is 9.24. The third-order valence-corrected chi connectivity index (χ3v) is 6.73. The number of sulfonamides is 1. The van der Waals surface area contributed by atoms with Gasteiger partial charge in [-0.15, -0.1) is 0 Å². The van der Waals surface area contributed by atoms with Gasteiger partial charge in [0.15, 0.2) is 0 Å². The van der Waals surface area contributed by atoms with Crippen molar-refractivity contribution in [3.63, 3.8) is 0 Å². The number of hydrogen-bond acceptors (Lipinski definition) is 3. The first-order valence-electron chi connectivity index (χ1n) is 8.91. The molecule has 1 N–H and O–H groups in total. The van der Waals surface area contributed by atoms with E-state index in [1.54, 1.807) is 24.3 Å². The van der Waals surface area contributed by atoms with E-state index in [1.807, 2.05) is 0 Å². The smallest absolute Gasteiger partial charge is 0.243 e. The average Bonchev–Trinajstić information content (AvgIpc) is 2.72. The lowest BCUT2D eigenvalue weighted by Crippen LogP contribution is -2.37. The maximum absolute atomic E-state index is 13.9. The molecule has 0 aliphatic heterocycles. The van der Waals surface area contributed by atoms with Crippen LogP contribution < -0.4 is 5.32 Å². The zero-order chi connectivity index (χ0) is 22.6. The van der Waals surface area contributed by atoms with Crippen molar-refractivity contribution in [2.75, 3.05) is 11.9 Å². The lowest BCUT2D eigenvalue weighted by Gasteiger charge is -2.22. The van der Waals surface area contributed by atoms with Crippen molar-refractivity contribution in [3.8, 4) is 0 Å². The molecular formula is C21H16Cl2F2N2O3S. The summed E-state index contributed by atoms with van der Waals surface area (Å²) in [5.41, 5.74) is -0.208. The van der Waals surface area contributed by atoms with E-state index in [0.29, 0.717) is 15.6 Å². The third kappa shape index (κ3) is 5.59. The molecule has 0 saturated heterocycles. The van der Waals surface area contributed by atoms with Gasteiger partial charge in [-0.05, 0) is 48.0 Å². The van der Waals surface area contributed by atoms with Crippen molar-refractivity contribution in [1.29, 1.82) is 0 Å². The normalized spacial score (nSPS) is 11.5. The highest BCUT2D eigenvalue weighted by atomic mass is 35.5. The number of hydrogen-bond donors (Lipinski definition) is 1. The summed E-state index contributed by atoms with van der Waals surface area (Å²) in [6.45, 7) is -0.943. The summed E-state index contributed by atoms with van der Waals surface area (Å²) in [4.78, 5) is 12.4. The number of carbonyl (C=O) groups is 1. The summed E-state index contributed by atoms with van der Waals surface area (Å²) in [7, 11) is -4.17. The highest BCUT2D eigenvalue weighted by Crippen LogP contribution is 2.24. The molecule has 0 bridgehead atoms. The molecule has 0 atom stereocenters. The standard InChI is InChI=1S/C21H16Cl2F2N2O3S/c22-15-8-10-16(11-9-15)31(29,30)27(12-14-4-1-2-5-17(14)23)13-20(28)26-21-18(24)6-3-7-19(21)25/h1-11H,12-13H2,(H,26,28). The number of halogens is 4. The van der Waals surface area contributed by atoms with Gasteiger partial charge in [0.05, 0.1) is 11.4 Å². The monoisotopic (exact) mass is 484 g/mol. The first-order valence-corrected chi connectivity index (χ1v) is 11.1. The molecule has 0 saturated carbocycles. The minimum absolute atomic E-state index is 0.103. The van der Waals surface area contributed by atoms with Gasteiger partial charge in [-0.25, -0.2) is 17.2 Å². The Kier molecular flexibility index (Phi) is 7.27. The van der Waals surface area contributed by atoms with Crippen molar-refractivity contribution in [2.45, 2.75) is 11.4 Å². The van der Waals surface area contributed by atoms with Crippen molar-refractivity contribution in [2.24, 2.45) is 0 Å². The van der Waals surface area contributed by atoms with Gasteiger partial charge >= 0.3 is 0 Å². The van der Waals surface area contributed by atoms with E-state index in [0.717, 1.165) is 22.5 Å². The Morgan fingerprint density at radius 1 is 0.903 bits per heavy atom. The lowest BCUT2D eigenvalue weighted by atomic mass is 10.2. The second-order valence-electron chi connectivity index (χ2n) is 6.46. The first-order chi connectivity index (χ1) is 14.7. The fourth-order valence-electron chi connectivity index (χ4n) is 2.75. The Morgan fingerprint density at radius 2 is 1.52 bits per heavy atom. The maximum Gasteiger partial charge on any atom is 0.243 e. The number of anilines is 1. The molecule has 0 fully saturated rings. The molecule has 31 heavy (non-hydrogen) atoms. The molecule has 1 amide bonds. The number of rotatable bonds is 7. The van der Waals surface area contributed by atoms with Crippen LogP contribution >= 0.6 is 23.2 Å². The molecule has 0 spiro atoms. The van der Waals surface area contributed by atoms with Gasteiger partial charge in [0.25, 0.3) is 0 Å². The van der Waals surface area contributed by atoms with Gasteiger partial charge in [-0.1, -0.05) is 47.5 Å². The molecule has 0 aromatic heterocycles. The number of nitrogens with zero attached hydrogens (tertiary/aromatic N) is 1. The van der Waals surface area contributed by atoms with Crippen LogP contribution in [0.2, 0.25) is 10.0 Å². The number of carbonyl (C=O) groups excluding carboxylic acids is 1. The Balaban J connectivity index is 1.92. The predicted molar refractivity (Wildman–Crippen MR) is 115 cm³/mol. The summed E-state index contributed by atoms with van der Waals surface area (Å²) >= 11 is 12.0. The zero-order valence-electron chi connectivity index (χ0n) is 15.9. The van der Waals surface area contributed by atoms with Gasteiger partial charge in [0, 0.05) is 16.6 Å². The molecule has 0 aliphatic carbocycles. The van der Waals surface area contributed by atoms with Crippen LogP contribution in [0, 0.1) is 11.6 Å². The van der Waals surface area contributed by atoms with Gasteiger partial charge in [0.1, 0.15) is 17.3 Å². The molecule has 3 aromatic rings. The van der Waals surface area contributed by atoms with Crippen LogP contribution in [0.5, 0.6) is 0 Å². The minimum atomic E-state index is -4.17. The molecule has 10 heteroatoms. The minimum Gasteiger partial charge on any atom is -0.320 e. The highest BCUT2D eigenvalue weighted by molar-refractivity contribution is 7.89. The van der Waals surface area contributed by atoms with E-state index in [9.17, 15) is 22.0 Å². The van der Waals surface area contributed by atoms with Crippen molar-refractivity contribution >= 4 is 44.8 Å². The van der Waals surface area contributed by atoms with E-state index in [4.69, 9.17) is 23.2 Å². The molecule has 0 radical (unpaired) electrons. The Bertz CT molecular complexity index is 1190. The molecule has 0 unspecified atom stereocenters. The van der Waals surface area contributed by atoms with Crippen LogP contribution in [0.1, 0.15) is 5.56 Å². The van der Waals surface area contributed by atoms with E-state index >= 15 is 0 Å². The number of nitrogens with one attached hydrogen (secondary N) is 1. The third-order valence-electron chi connectivity index (χ3n) is 4.30. The second kappa shape index (κ2) is 9.74. The van der Waals surface area contributed by atoms with Crippen LogP contribution in [0.15, 0.2) is 71.6 Å². The van der Waals surface area contributed by atoms with E-state index < -0.39 is 39.8 Å². The Hall–Kier alpha value is -2.52. The molecule has 3 aromatic carbocycles. The SMILES string of the molecule is O=C(CN(Cc1ccccc1Cl)S(=O)(=O)c1ccc(Cl)cc1)Nc1c(F)cccc1F. The lowest BCUT2D eigenvalue weighted by molar-refractivity contribution is -0.116. The number of amides is 1. The van der Waals surface area contributed by atoms with E-state index in [-0.39, 0.29) is 11.4 Å². The van der Waals surface area contributed by atoms with Crippen molar-refractivity contribution in [1.82, 2.24) is 4.31 Å². The molecule has 162 valence electrons. The highest BCUT2D eigenvalue weighted by Gasteiger charge is 2.28. The van der Waals surface area contributed by atoms with E-state index in [1.165, 1.54) is 24.3 Å². The summed E-state index contributed by atoms with van der Waals surface area (Å²) in [5, 5.41) is 2.74. The molecule has 0 aliphatic rings. The zero-order valence-corrected chi connectivity index (χ0v) is 18.2. The molecular weight excluding hydrogens is 469 g/mol. The summed E-state index contributed by atoms with van der Waals surface area (Å²) in [6, 6.07) is 15.0. The van der Waals surface area contributed by atoms with Gasteiger partial charge in [-0.2, -0.15) is 4.31 Å². The van der Waals surface area contributed by atoms with Gasteiger partial charge < -0.3 is 5.32 Å². The van der Waals surface area contributed by atoms with Crippen molar-refractivity contribution < 1.29 is 22.0 Å². The molecule has 0 heterocycles. The largest absolute Gasteiger partial charge is 0.320 e.